The van der Waals surface area contributed by atoms with Gasteiger partial charge in [-0.1, -0.05) is 23.2 Å². The van der Waals surface area contributed by atoms with Crippen molar-refractivity contribution in [3.63, 3.8) is 0 Å². The van der Waals surface area contributed by atoms with Crippen molar-refractivity contribution in [2.24, 2.45) is 5.10 Å². The molecule has 3 rings (SSSR count). The molecule has 1 aromatic carbocycles. The minimum Gasteiger partial charge on any atom is -0.491 e. The van der Waals surface area contributed by atoms with Crippen molar-refractivity contribution in [1.29, 1.82) is 0 Å². The van der Waals surface area contributed by atoms with Gasteiger partial charge < -0.3 is 25.8 Å². The molecule has 1 aliphatic heterocycles. The molecule has 1 atom stereocenters. The van der Waals surface area contributed by atoms with E-state index >= 15 is 0 Å². The summed E-state index contributed by atoms with van der Waals surface area (Å²) in [6.45, 7) is 7.74. The number of nitrogens with one attached hydrogen (secondary N) is 1. The summed E-state index contributed by atoms with van der Waals surface area (Å²) in [5, 5.41) is 19.1. The van der Waals surface area contributed by atoms with Gasteiger partial charge in [0.2, 0.25) is 5.95 Å². The summed E-state index contributed by atoms with van der Waals surface area (Å²) >= 11 is 12.9. The van der Waals surface area contributed by atoms with Crippen LogP contribution in [0.25, 0.3) is 11.3 Å². The van der Waals surface area contributed by atoms with Gasteiger partial charge in [-0.2, -0.15) is 5.10 Å². The van der Waals surface area contributed by atoms with Crippen LogP contribution in [-0.2, 0) is 13.1 Å². The molecule has 0 fully saturated rings. The molecule has 1 aliphatic rings. The molecule has 184 valence electrons. The number of likely N-dealkylation sites (N-methyl/N-ethyl adjacent to an activating group) is 1. The molecule has 4 N–H and O–H groups in total. The highest BCUT2D eigenvalue weighted by Gasteiger charge is 2.30. The van der Waals surface area contributed by atoms with E-state index in [1.54, 1.807) is 30.2 Å². The van der Waals surface area contributed by atoms with Crippen LogP contribution in [0.4, 0.5) is 10.7 Å². The smallest absolute Gasteiger partial charge is 0.318 e. The fourth-order valence-corrected chi connectivity index (χ4v) is 4.15. The maximum absolute atomic E-state index is 12.6. The highest BCUT2D eigenvalue weighted by molar-refractivity contribution is 6.37. The lowest BCUT2D eigenvalue weighted by atomic mass is 10.0. The number of aliphatic hydroxyl groups is 1. The molecular formula is C22H29Cl2N7O3. The number of nitrogens with zero attached hydrogens (tertiary/aromatic N) is 5. The number of rotatable bonds is 9. The number of benzene rings is 1. The molecule has 1 aromatic heterocycles. The Labute approximate surface area is 208 Å². The number of nitrogens with two attached hydrogens (primary N) is 1. The van der Waals surface area contributed by atoms with Crippen molar-refractivity contribution >= 4 is 41.4 Å². The molecule has 10 nitrogen and oxygen atoms in total. The first-order chi connectivity index (χ1) is 16.2. The summed E-state index contributed by atoms with van der Waals surface area (Å²) in [4.78, 5) is 22.9. The Balaban J connectivity index is 1.92. The van der Waals surface area contributed by atoms with E-state index in [4.69, 9.17) is 33.7 Å². The van der Waals surface area contributed by atoms with E-state index in [1.807, 2.05) is 18.9 Å². The van der Waals surface area contributed by atoms with Crippen molar-refractivity contribution < 1.29 is 14.6 Å². The fraction of sp³-hybridized carbons (Fsp3) is 0.455. The number of fused-ring (bicyclic) bond motifs is 1. The van der Waals surface area contributed by atoms with Gasteiger partial charge in [-0.15, -0.1) is 0 Å². The standard InChI is InChI=1S/C22H29Cl2N7O3/c1-4-27-31(5-2)6-7-34-18-9-14(23)8-16(24)19(18)20-15-11-30(22(33)26-10-13(3)32)12-17(15)28-21(25)29-20/h4,8-9,13,32H,5-7,10-12H2,1-3H3,(H,26,33)(H2,25,28,29)/b27-4-/t13-/m0/s1. The molecule has 0 spiro atoms. The Morgan fingerprint density at radius 1 is 1.41 bits per heavy atom. The molecule has 0 saturated carbocycles. The van der Waals surface area contributed by atoms with Crippen molar-refractivity contribution in [3.05, 3.63) is 33.4 Å². The highest BCUT2D eigenvalue weighted by Crippen LogP contribution is 2.42. The van der Waals surface area contributed by atoms with Gasteiger partial charge in [0.25, 0.3) is 0 Å². The quantitative estimate of drug-likeness (QED) is 0.349. The first-order valence-electron chi connectivity index (χ1n) is 10.9. The Morgan fingerprint density at radius 2 is 2.18 bits per heavy atom. The van der Waals surface area contributed by atoms with Gasteiger partial charge in [0.1, 0.15) is 12.4 Å². The van der Waals surface area contributed by atoms with Gasteiger partial charge >= 0.3 is 6.03 Å². The second-order valence-corrected chi connectivity index (χ2v) is 8.62. The van der Waals surface area contributed by atoms with Crippen LogP contribution in [0, 0.1) is 0 Å². The lowest BCUT2D eigenvalue weighted by molar-refractivity contribution is 0.171. The molecule has 12 heteroatoms. The van der Waals surface area contributed by atoms with Crippen molar-refractivity contribution in [2.75, 3.05) is 32.0 Å². The van der Waals surface area contributed by atoms with E-state index in [0.29, 0.717) is 45.9 Å². The topological polar surface area (TPSA) is 129 Å². The molecule has 0 unspecified atom stereocenters. The Morgan fingerprint density at radius 3 is 2.85 bits per heavy atom. The number of hydrogen-bond acceptors (Lipinski definition) is 8. The minimum absolute atomic E-state index is 0.0615. The monoisotopic (exact) mass is 509 g/mol. The summed E-state index contributed by atoms with van der Waals surface area (Å²) in [5.74, 6) is 0.512. The third-order valence-electron chi connectivity index (χ3n) is 5.14. The SMILES string of the molecule is C/C=N\N(CC)CCOc1cc(Cl)cc(Cl)c1-c1nc(N)nc2c1CN(C(=O)NC[C@H](C)O)C2. The zero-order valence-electron chi connectivity index (χ0n) is 19.4. The predicted octanol–water partition coefficient (Wildman–Crippen LogP) is 3.15. The summed E-state index contributed by atoms with van der Waals surface area (Å²) in [5.41, 5.74) is 8.37. The van der Waals surface area contributed by atoms with Gasteiger partial charge in [0.05, 0.1) is 47.7 Å². The van der Waals surface area contributed by atoms with E-state index < -0.39 is 6.10 Å². The predicted molar refractivity (Wildman–Crippen MR) is 133 cm³/mol. The molecule has 2 aromatic rings. The number of amides is 2. The minimum atomic E-state index is -0.654. The number of carbonyl (C=O) groups is 1. The molecule has 2 amide bonds. The zero-order valence-corrected chi connectivity index (χ0v) is 20.9. The number of urea groups is 1. The van der Waals surface area contributed by atoms with E-state index in [2.05, 4.69) is 20.4 Å². The second-order valence-electron chi connectivity index (χ2n) is 7.78. The number of halogens is 2. The number of nitrogen functional groups attached to an aromatic ring is 1. The van der Waals surface area contributed by atoms with Crippen LogP contribution in [0.5, 0.6) is 5.75 Å². The molecule has 0 saturated heterocycles. The summed E-state index contributed by atoms with van der Waals surface area (Å²) < 4.78 is 6.06. The van der Waals surface area contributed by atoms with Gasteiger partial charge in [0.15, 0.2) is 0 Å². The average Bonchev–Trinajstić information content (AvgIpc) is 3.20. The molecule has 0 radical (unpaired) electrons. The maximum atomic E-state index is 12.6. The van der Waals surface area contributed by atoms with Crippen LogP contribution in [0.3, 0.4) is 0 Å². The maximum Gasteiger partial charge on any atom is 0.318 e. The second kappa shape index (κ2) is 11.5. The van der Waals surface area contributed by atoms with Gasteiger partial charge in [0, 0.05) is 29.9 Å². The normalized spacial score (nSPS) is 13.8. The van der Waals surface area contributed by atoms with Crippen LogP contribution < -0.4 is 15.8 Å². The van der Waals surface area contributed by atoms with Crippen molar-refractivity contribution in [1.82, 2.24) is 25.2 Å². The van der Waals surface area contributed by atoms with E-state index in [1.165, 1.54) is 0 Å². The van der Waals surface area contributed by atoms with Crippen LogP contribution in [0.2, 0.25) is 10.0 Å². The number of ether oxygens (including phenoxy) is 1. The highest BCUT2D eigenvalue weighted by atomic mass is 35.5. The van der Waals surface area contributed by atoms with Crippen LogP contribution >= 0.6 is 23.2 Å². The number of hydrazone groups is 1. The Hall–Kier alpha value is -2.82. The van der Waals surface area contributed by atoms with Gasteiger partial charge in [-0.25, -0.2) is 14.8 Å². The van der Waals surface area contributed by atoms with E-state index in [-0.39, 0.29) is 31.6 Å². The molecule has 0 bridgehead atoms. The number of aliphatic hydroxyl groups excluding tert-OH is 1. The third-order valence-corrected chi connectivity index (χ3v) is 5.66. The first kappa shape index (κ1) is 25.8. The largest absolute Gasteiger partial charge is 0.491 e. The first-order valence-corrected chi connectivity index (χ1v) is 11.7. The lowest BCUT2D eigenvalue weighted by Crippen LogP contribution is -2.39. The molecular weight excluding hydrogens is 481 g/mol. The van der Waals surface area contributed by atoms with Crippen molar-refractivity contribution in [3.8, 4) is 17.0 Å². The number of hydrogen-bond donors (Lipinski definition) is 3. The molecule has 0 aliphatic carbocycles. The van der Waals surface area contributed by atoms with Crippen molar-refractivity contribution in [2.45, 2.75) is 40.0 Å². The number of anilines is 1. The van der Waals surface area contributed by atoms with E-state index in [0.717, 1.165) is 12.1 Å². The summed E-state index contributed by atoms with van der Waals surface area (Å²) in [7, 11) is 0. The van der Waals surface area contributed by atoms with Crippen LogP contribution in [0.15, 0.2) is 17.2 Å². The average molecular weight is 510 g/mol. The Kier molecular flexibility index (Phi) is 8.76. The van der Waals surface area contributed by atoms with Gasteiger partial charge in [-0.05, 0) is 32.9 Å². The molecule has 2 heterocycles. The van der Waals surface area contributed by atoms with E-state index in [9.17, 15) is 9.90 Å². The third kappa shape index (κ3) is 6.19. The van der Waals surface area contributed by atoms with Gasteiger partial charge in [-0.3, -0.25) is 5.01 Å². The lowest BCUT2D eigenvalue weighted by Gasteiger charge is -2.19. The summed E-state index contributed by atoms with van der Waals surface area (Å²) in [6, 6.07) is 2.96. The van der Waals surface area contributed by atoms with Crippen LogP contribution in [-0.4, -0.2) is 69.6 Å². The van der Waals surface area contributed by atoms with Crippen LogP contribution in [0.1, 0.15) is 32.0 Å². The summed E-state index contributed by atoms with van der Waals surface area (Å²) in [6.07, 6.45) is 1.07. The fourth-order valence-electron chi connectivity index (χ4n) is 3.59. The molecule has 34 heavy (non-hydrogen) atoms. The number of aromatic nitrogens is 2. The zero-order chi connectivity index (χ0) is 24.8. The Bertz CT molecular complexity index is 1070. The number of carbonyl (C=O) groups excluding carboxylic acids is 1.